The maximum atomic E-state index is 11.6. The molecule has 2 aromatic rings. The minimum atomic E-state index is -4.35. The van der Waals surface area contributed by atoms with Crippen molar-refractivity contribution in [3.63, 3.8) is 0 Å². The molecule has 4 rings (SSSR count). The second-order valence-corrected chi connectivity index (χ2v) is 12.8. The maximum Gasteiger partial charge on any atom is 0.294 e. The number of fused-ring (bicyclic) bond motifs is 2. The highest BCUT2D eigenvalue weighted by Crippen LogP contribution is 2.38. The van der Waals surface area contributed by atoms with E-state index in [0.717, 1.165) is 35.1 Å². The van der Waals surface area contributed by atoms with Crippen LogP contribution < -0.4 is 0 Å². The molecule has 2 N–H and O–H groups in total. The van der Waals surface area contributed by atoms with Gasteiger partial charge in [0.15, 0.2) is 0 Å². The number of nitrogens with zero attached hydrogens (tertiary/aromatic N) is 2. The fourth-order valence-electron chi connectivity index (χ4n) is 3.48. The summed E-state index contributed by atoms with van der Waals surface area (Å²) in [5.74, 6) is 0. The van der Waals surface area contributed by atoms with Crippen molar-refractivity contribution in [1.82, 2.24) is 0 Å². The Balaban J connectivity index is 1.84. The lowest BCUT2D eigenvalue weighted by Crippen LogP contribution is -2.00. The minimum absolute atomic E-state index is 0.200. The first-order valence-electron chi connectivity index (χ1n) is 9.56. The largest absolute Gasteiger partial charge is 0.294 e. The monoisotopic (exact) mass is 512 g/mol. The van der Waals surface area contributed by atoms with E-state index in [1.165, 1.54) is 24.3 Å². The van der Waals surface area contributed by atoms with Gasteiger partial charge >= 0.3 is 0 Å². The molecule has 32 heavy (non-hydrogen) atoms. The van der Waals surface area contributed by atoms with E-state index in [1.807, 2.05) is 24.7 Å². The summed E-state index contributed by atoms with van der Waals surface area (Å²) in [5.41, 5.74) is 3.77. The molecule has 0 radical (unpaired) electrons. The van der Waals surface area contributed by atoms with Crippen LogP contribution in [-0.4, -0.2) is 25.9 Å². The summed E-state index contributed by atoms with van der Waals surface area (Å²) in [4.78, 5) is 0.925. The molecule has 0 aromatic heterocycles. The van der Waals surface area contributed by atoms with Gasteiger partial charge in [0.05, 0.1) is 9.79 Å². The van der Waals surface area contributed by atoms with Crippen molar-refractivity contribution in [1.29, 1.82) is 0 Å². The lowest BCUT2D eigenvalue weighted by Gasteiger charge is -2.06. The Morgan fingerprint density at radius 2 is 1.09 bits per heavy atom. The normalized spacial score (nSPS) is 20.2. The van der Waals surface area contributed by atoms with Crippen LogP contribution in [0, 0.1) is 0 Å². The summed E-state index contributed by atoms with van der Waals surface area (Å²) in [6.07, 6.45) is 1.45. The third kappa shape index (κ3) is 4.30. The quantitative estimate of drug-likeness (QED) is 0.443. The number of allylic oxidation sites excluding steroid dienone is 2. The lowest BCUT2D eigenvalue weighted by atomic mass is 10.1. The number of benzene rings is 2. The van der Waals surface area contributed by atoms with E-state index in [1.54, 1.807) is 12.1 Å². The van der Waals surface area contributed by atoms with Crippen molar-refractivity contribution in [3.8, 4) is 0 Å². The summed E-state index contributed by atoms with van der Waals surface area (Å²) in [6, 6.07) is 8.89. The third-order valence-corrected chi connectivity index (χ3v) is 10.0. The van der Waals surface area contributed by atoms with E-state index in [4.69, 9.17) is 0 Å². The van der Waals surface area contributed by atoms with E-state index in [0.29, 0.717) is 9.79 Å². The molecule has 0 spiro atoms. The highest BCUT2D eigenvalue weighted by atomic mass is 32.2. The Morgan fingerprint density at radius 3 is 1.41 bits per heavy atom. The van der Waals surface area contributed by atoms with Crippen molar-refractivity contribution >= 4 is 52.8 Å². The standard InChI is InChI=1S/C20H20N2O6S4/c1-3-13-11-29(19-9-15(31(23,24)25)5-7-17(13)19)21-22-30-12-14(4-2)18-8-6-16(10-20(18)30)32(26,27)28/h5-12H,3-4H2,1-2H3,(H,23,24,25)(H,26,27,28). The smallest absolute Gasteiger partial charge is 0.282 e. The van der Waals surface area contributed by atoms with E-state index in [9.17, 15) is 25.9 Å². The van der Waals surface area contributed by atoms with Crippen LogP contribution in [-0.2, 0) is 41.6 Å². The second-order valence-electron chi connectivity index (χ2n) is 7.05. The molecule has 2 aliphatic heterocycles. The van der Waals surface area contributed by atoms with Crippen molar-refractivity contribution in [2.75, 3.05) is 0 Å². The number of rotatable bonds is 5. The van der Waals surface area contributed by atoms with Gasteiger partial charge in [0.2, 0.25) is 0 Å². The third-order valence-electron chi connectivity index (χ3n) is 5.12. The van der Waals surface area contributed by atoms with Gasteiger partial charge < -0.3 is 0 Å². The molecular weight excluding hydrogens is 492 g/mol. The summed E-state index contributed by atoms with van der Waals surface area (Å²) in [7, 11) is -10.4. The van der Waals surface area contributed by atoms with Gasteiger partial charge in [-0.1, -0.05) is 26.0 Å². The van der Waals surface area contributed by atoms with Crippen molar-refractivity contribution in [2.24, 2.45) is 8.94 Å². The van der Waals surface area contributed by atoms with Crippen LogP contribution >= 0.6 is 0 Å². The Bertz CT molecular complexity index is 1370. The molecule has 2 aromatic carbocycles. The predicted octanol–water partition coefficient (Wildman–Crippen LogP) is 4.65. The summed E-state index contributed by atoms with van der Waals surface area (Å²) >= 11 is 0. The van der Waals surface area contributed by atoms with Gasteiger partial charge in [0, 0.05) is 9.79 Å². The Hall–Kier alpha value is -1.96. The molecule has 0 amide bonds. The van der Waals surface area contributed by atoms with Crippen molar-refractivity contribution in [2.45, 2.75) is 46.3 Å². The lowest BCUT2D eigenvalue weighted by molar-refractivity contribution is 0.480. The molecular formula is C20H20N2O6S4. The fraction of sp³-hybridized carbons (Fsp3) is 0.200. The van der Waals surface area contributed by atoms with Gasteiger partial charge in [-0.15, -0.1) is 8.94 Å². The molecule has 0 bridgehead atoms. The topological polar surface area (TPSA) is 133 Å². The van der Waals surface area contributed by atoms with Gasteiger partial charge in [0.25, 0.3) is 20.2 Å². The Morgan fingerprint density at radius 1 is 0.719 bits per heavy atom. The zero-order chi connectivity index (χ0) is 23.3. The zero-order valence-corrected chi connectivity index (χ0v) is 20.4. The molecule has 2 atom stereocenters. The van der Waals surface area contributed by atoms with Crippen LogP contribution in [0.25, 0.3) is 11.1 Å². The van der Waals surface area contributed by atoms with Crippen LogP contribution in [0.5, 0.6) is 0 Å². The highest BCUT2D eigenvalue weighted by Gasteiger charge is 2.23. The molecule has 0 saturated heterocycles. The molecule has 2 unspecified atom stereocenters. The minimum Gasteiger partial charge on any atom is -0.282 e. The molecule has 0 saturated carbocycles. The van der Waals surface area contributed by atoms with E-state index < -0.39 is 41.6 Å². The van der Waals surface area contributed by atoms with Crippen LogP contribution in [0.2, 0.25) is 0 Å². The average Bonchev–Trinajstić information content (AvgIpc) is 3.27. The Labute approximate surface area is 191 Å². The first-order valence-corrected chi connectivity index (χ1v) is 14.9. The van der Waals surface area contributed by atoms with E-state index in [-0.39, 0.29) is 9.79 Å². The van der Waals surface area contributed by atoms with Crippen LogP contribution in [0.3, 0.4) is 0 Å². The Kier molecular flexibility index (Phi) is 6.11. The number of hydrogen-bond acceptors (Lipinski definition) is 4. The van der Waals surface area contributed by atoms with Crippen LogP contribution in [0.4, 0.5) is 0 Å². The summed E-state index contributed by atoms with van der Waals surface area (Å²) < 4.78 is 74.2. The van der Waals surface area contributed by atoms with Gasteiger partial charge in [0.1, 0.15) is 0 Å². The zero-order valence-electron chi connectivity index (χ0n) is 17.1. The number of hydrogen-bond donors (Lipinski definition) is 2. The summed E-state index contributed by atoms with van der Waals surface area (Å²) in [5, 5.41) is 3.86. The maximum absolute atomic E-state index is 11.6. The van der Waals surface area contributed by atoms with Gasteiger partial charge in [-0.3, -0.25) is 9.11 Å². The van der Waals surface area contributed by atoms with E-state index >= 15 is 0 Å². The first-order chi connectivity index (χ1) is 15.0. The van der Waals surface area contributed by atoms with Crippen molar-refractivity contribution < 1.29 is 25.9 Å². The fourth-order valence-corrected chi connectivity index (χ4v) is 8.21. The SMILES string of the molecule is CCC1=CS(=NN=S2C=C(CC)c3ccc(S(=O)(=O)O)cc32)c2cc(S(=O)(=O)O)ccc21. The van der Waals surface area contributed by atoms with Gasteiger partial charge in [-0.2, -0.15) is 16.8 Å². The van der Waals surface area contributed by atoms with Crippen LogP contribution in [0.15, 0.2) is 75.7 Å². The first kappa shape index (κ1) is 23.2. The molecule has 170 valence electrons. The van der Waals surface area contributed by atoms with E-state index in [2.05, 4.69) is 8.94 Å². The van der Waals surface area contributed by atoms with Gasteiger partial charge in [-0.25, -0.2) is 0 Å². The second kappa shape index (κ2) is 8.43. The average molecular weight is 513 g/mol. The highest BCUT2D eigenvalue weighted by molar-refractivity contribution is 7.92. The summed E-state index contributed by atoms with van der Waals surface area (Å²) in [6.45, 7) is 3.97. The molecule has 2 aliphatic rings. The molecule has 0 fully saturated rings. The van der Waals surface area contributed by atoms with Gasteiger partial charge in [-0.05, 0) is 91.6 Å². The van der Waals surface area contributed by atoms with Crippen LogP contribution in [0.1, 0.15) is 37.8 Å². The molecule has 8 nitrogen and oxygen atoms in total. The molecule has 12 heteroatoms. The molecule has 2 heterocycles. The predicted molar refractivity (Wildman–Crippen MR) is 125 cm³/mol. The molecule has 0 aliphatic carbocycles. The van der Waals surface area contributed by atoms with Crippen molar-refractivity contribution in [3.05, 3.63) is 58.3 Å².